The van der Waals surface area contributed by atoms with Crippen molar-refractivity contribution >= 4 is 17.5 Å². The lowest BCUT2D eigenvalue weighted by molar-refractivity contribution is 0.102. The summed E-state index contributed by atoms with van der Waals surface area (Å²) in [6, 6.07) is 18.1. The Balaban J connectivity index is 1.61. The lowest BCUT2D eigenvalue weighted by atomic mass is 10.1. The number of rotatable bonds is 7. The predicted molar refractivity (Wildman–Crippen MR) is 106 cm³/mol. The number of carbonyl (C=O) groups is 1. The highest BCUT2D eigenvalue weighted by Crippen LogP contribution is 2.17. The second-order valence-corrected chi connectivity index (χ2v) is 5.90. The zero-order valence-electron chi connectivity index (χ0n) is 15.3. The van der Waals surface area contributed by atoms with Gasteiger partial charge in [-0.05, 0) is 42.3 Å². The van der Waals surface area contributed by atoms with Crippen LogP contribution < -0.4 is 15.4 Å². The SMILES string of the molecule is COc1ccccc1CCNc1nccc(C(=O)Nc2cccc(C#N)c2)n1. The van der Waals surface area contributed by atoms with Crippen LogP contribution in [0.1, 0.15) is 21.6 Å². The summed E-state index contributed by atoms with van der Waals surface area (Å²) in [7, 11) is 1.64. The van der Waals surface area contributed by atoms with Crippen LogP contribution in [0.4, 0.5) is 11.6 Å². The van der Waals surface area contributed by atoms with Gasteiger partial charge in [0.05, 0.1) is 18.7 Å². The summed E-state index contributed by atoms with van der Waals surface area (Å²) in [6.45, 7) is 0.593. The third-order valence-corrected chi connectivity index (χ3v) is 4.01. The monoisotopic (exact) mass is 373 g/mol. The molecule has 0 unspecified atom stereocenters. The number of aromatic nitrogens is 2. The number of para-hydroxylation sites is 1. The van der Waals surface area contributed by atoms with Gasteiger partial charge in [-0.3, -0.25) is 4.79 Å². The van der Waals surface area contributed by atoms with E-state index in [1.54, 1.807) is 31.4 Å². The summed E-state index contributed by atoms with van der Waals surface area (Å²) in [6.07, 6.45) is 2.25. The lowest BCUT2D eigenvalue weighted by Crippen LogP contribution is -2.16. The Labute approximate surface area is 163 Å². The molecule has 0 spiro atoms. The fraction of sp³-hybridized carbons (Fsp3) is 0.143. The van der Waals surface area contributed by atoms with E-state index in [2.05, 4.69) is 20.6 Å². The van der Waals surface area contributed by atoms with Gasteiger partial charge in [0.2, 0.25) is 5.95 Å². The molecule has 1 amide bonds. The highest BCUT2D eigenvalue weighted by atomic mass is 16.5. The number of methoxy groups -OCH3 is 1. The molecule has 0 radical (unpaired) electrons. The maximum absolute atomic E-state index is 12.4. The van der Waals surface area contributed by atoms with E-state index in [9.17, 15) is 4.79 Å². The first kappa shape index (κ1) is 18.9. The lowest BCUT2D eigenvalue weighted by Gasteiger charge is -2.10. The Hall–Kier alpha value is -3.92. The summed E-state index contributed by atoms with van der Waals surface area (Å²) < 4.78 is 5.34. The number of anilines is 2. The van der Waals surface area contributed by atoms with Crippen molar-refractivity contribution in [2.24, 2.45) is 0 Å². The van der Waals surface area contributed by atoms with E-state index in [1.807, 2.05) is 30.3 Å². The predicted octanol–water partition coefficient (Wildman–Crippen LogP) is 3.26. The van der Waals surface area contributed by atoms with Gasteiger partial charge in [0, 0.05) is 18.4 Å². The molecule has 0 atom stereocenters. The van der Waals surface area contributed by atoms with E-state index < -0.39 is 0 Å². The van der Waals surface area contributed by atoms with Crippen molar-refractivity contribution in [3.63, 3.8) is 0 Å². The zero-order valence-corrected chi connectivity index (χ0v) is 15.3. The van der Waals surface area contributed by atoms with Crippen LogP contribution in [0.5, 0.6) is 5.75 Å². The van der Waals surface area contributed by atoms with Crippen molar-refractivity contribution < 1.29 is 9.53 Å². The van der Waals surface area contributed by atoms with Crippen LogP contribution in [-0.2, 0) is 6.42 Å². The Kier molecular flexibility index (Phi) is 6.16. The molecule has 2 aromatic carbocycles. The van der Waals surface area contributed by atoms with Crippen LogP contribution in [0.3, 0.4) is 0 Å². The van der Waals surface area contributed by atoms with Crippen molar-refractivity contribution in [1.82, 2.24) is 9.97 Å². The number of benzene rings is 2. The highest BCUT2D eigenvalue weighted by molar-refractivity contribution is 6.03. The van der Waals surface area contributed by atoms with E-state index >= 15 is 0 Å². The minimum absolute atomic E-state index is 0.233. The standard InChI is InChI=1S/C21H19N5O2/c1-28-19-8-3-2-6-16(19)9-11-23-21-24-12-10-18(26-21)20(27)25-17-7-4-5-15(13-17)14-22/h2-8,10,12-13H,9,11H2,1H3,(H,25,27)(H,23,24,26). The maximum atomic E-state index is 12.4. The smallest absolute Gasteiger partial charge is 0.274 e. The first-order chi connectivity index (χ1) is 13.7. The van der Waals surface area contributed by atoms with Gasteiger partial charge in [-0.15, -0.1) is 0 Å². The van der Waals surface area contributed by atoms with Crippen LogP contribution in [0, 0.1) is 11.3 Å². The van der Waals surface area contributed by atoms with E-state index in [0.717, 1.165) is 17.7 Å². The van der Waals surface area contributed by atoms with Gasteiger partial charge in [0.15, 0.2) is 0 Å². The molecule has 0 fully saturated rings. The van der Waals surface area contributed by atoms with Crippen molar-refractivity contribution in [1.29, 1.82) is 5.26 Å². The molecule has 1 aromatic heterocycles. The van der Waals surface area contributed by atoms with Gasteiger partial charge in [0.25, 0.3) is 5.91 Å². The Bertz CT molecular complexity index is 1010. The average molecular weight is 373 g/mol. The van der Waals surface area contributed by atoms with E-state index in [-0.39, 0.29) is 11.6 Å². The molecule has 0 bridgehead atoms. The first-order valence-electron chi connectivity index (χ1n) is 8.70. The number of hydrogen-bond donors (Lipinski definition) is 2. The molecule has 7 heteroatoms. The van der Waals surface area contributed by atoms with Gasteiger partial charge < -0.3 is 15.4 Å². The summed E-state index contributed by atoms with van der Waals surface area (Å²) in [4.78, 5) is 20.8. The molecule has 2 N–H and O–H groups in total. The van der Waals surface area contributed by atoms with Gasteiger partial charge in [-0.1, -0.05) is 24.3 Å². The fourth-order valence-electron chi connectivity index (χ4n) is 2.65. The number of nitriles is 1. The quantitative estimate of drug-likeness (QED) is 0.659. The second-order valence-electron chi connectivity index (χ2n) is 5.90. The molecule has 28 heavy (non-hydrogen) atoms. The van der Waals surface area contributed by atoms with Crippen molar-refractivity contribution in [3.8, 4) is 11.8 Å². The third kappa shape index (κ3) is 4.83. The molecular formula is C21H19N5O2. The molecule has 0 aliphatic heterocycles. The Morgan fingerprint density at radius 3 is 2.86 bits per heavy atom. The first-order valence-corrected chi connectivity index (χ1v) is 8.70. The largest absolute Gasteiger partial charge is 0.496 e. The highest BCUT2D eigenvalue weighted by Gasteiger charge is 2.10. The molecule has 0 aliphatic rings. The molecule has 1 heterocycles. The molecule has 7 nitrogen and oxygen atoms in total. The topological polar surface area (TPSA) is 99.9 Å². The molecule has 0 aliphatic carbocycles. The van der Waals surface area contributed by atoms with Crippen molar-refractivity contribution in [2.75, 3.05) is 24.3 Å². The van der Waals surface area contributed by atoms with E-state index in [4.69, 9.17) is 10.00 Å². The minimum Gasteiger partial charge on any atom is -0.496 e. The summed E-state index contributed by atoms with van der Waals surface area (Å²) in [5.74, 6) is 0.830. The molecule has 3 rings (SSSR count). The molecule has 0 saturated heterocycles. The molecular weight excluding hydrogens is 354 g/mol. The van der Waals surface area contributed by atoms with Crippen LogP contribution in [-0.4, -0.2) is 29.5 Å². The average Bonchev–Trinajstić information content (AvgIpc) is 2.74. The van der Waals surface area contributed by atoms with Crippen LogP contribution in [0.2, 0.25) is 0 Å². The van der Waals surface area contributed by atoms with Crippen LogP contribution >= 0.6 is 0 Å². The van der Waals surface area contributed by atoms with Crippen LogP contribution in [0.25, 0.3) is 0 Å². The Morgan fingerprint density at radius 1 is 1.18 bits per heavy atom. The summed E-state index contributed by atoms with van der Waals surface area (Å²) in [5, 5.41) is 14.8. The van der Waals surface area contributed by atoms with Crippen molar-refractivity contribution in [2.45, 2.75) is 6.42 Å². The van der Waals surface area contributed by atoms with Crippen LogP contribution in [0.15, 0.2) is 60.8 Å². The Morgan fingerprint density at radius 2 is 2.04 bits per heavy atom. The van der Waals surface area contributed by atoms with Gasteiger partial charge in [0.1, 0.15) is 11.4 Å². The van der Waals surface area contributed by atoms with E-state index in [0.29, 0.717) is 23.7 Å². The van der Waals surface area contributed by atoms with E-state index in [1.165, 1.54) is 12.3 Å². The maximum Gasteiger partial charge on any atom is 0.274 e. The van der Waals surface area contributed by atoms with Gasteiger partial charge >= 0.3 is 0 Å². The van der Waals surface area contributed by atoms with Gasteiger partial charge in [-0.2, -0.15) is 5.26 Å². The molecule has 0 saturated carbocycles. The number of carbonyl (C=O) groups excluding carboxylic acids is 1. The molecule has 140 valence electrons. The number of nitrogens with one attached hydrogen (secondary N) is 2. The van der Waals surface area contributed by atoms with Crippen molar-refractivity contribution in [3.05, 3.63) is 77.6 Å². The second kappa shape index (κ2) is 9.14. The summed E-state index contributed by atoms with van der Waals surface area (Å²) >= 11 is 0. The number of ether oxygens (including phenoxy) is 1. The number of hydrogen-bond acceptors (Lipinski definition) is 6. The number of nitrogens with zero attached hydrogens (tertiary/aromatic N) is 3. The number of amides is 1. The minimum atomic E-state index is -0.370. The fourth-order valence-corrected chi connectivity index (χ4v) is 2.65. The molecule has 3 aromatic rings. The third-order valence-electron chi connectivity index (χ3n) is 4.01. The summed E-state index contributed by atoms with van der Waals surface area (Å²) in [5.41, 5.74) is 2.31. The zero-order chi connectivity index (χ0) is 19.8. The van der Waals surface area contributed by atoms with Gasteiger partial charge in [-0.25, -0.2) is 9.97 Å². The normalized spacial score (nSPS) is 10.0.